The molecule has 3 rings (SSSR count). The Balaban J connectivity index is 1.88. The number of epoxide rings is 1. The van der Waals surface area contributed by atoms with Gasteiger partial charge >= 0.3 is 6.09 Å². The molecule has 1 aromatic rings. The predicted molar refractivity (Wildman–Crippen MR) is 124 cm³/mol. The Morgan fingerprint density at radius 3 is 2.81 bits per heavy atom. The summed E-state index contributed by atoms with van der Waals surface area (Å²) in [7, 11) is 0. The van der Waals surface area contributed by atoms with E-state index in [1.165, 1.54) is 5.57 Å². The maximum absolute atomic E-state index is 12.5. The second-order valence-electron chi connectivity index (χ2n) is 9.07. The number of ether oxygens (including phenoxy) is 2. The monoisotopic (exact) mass is 427 g/mol. The molecular weight excluding hydrogens is 390 g/mol. The highest BCUT2D eigenvalue weighted by atomic mass is 16.6. The molecule has 1 aliphatic heterocycles. The minimum absolute atomic E-state index is 0.0568. The zero-order valence-corrected chi connectivity index (χ0v) is 19.2. The quantitative estimate of drug-likeness (QED) is 0.272. The van der Waals surface area contributed by atoms with Crippen molar-refractivity contribution >= 4 is 6.09 Å². The molecule has 3 atom stereocenters. The van der Waals surface area contributed by atoms with E-state index in [1.807, 2.05) is 19.1 Å². The summed E-state index contributed by atoms with van der Waals surface area (Å²) in [5.74, 6) is 0.802. The van der Waals surface area contributed by atoms with Crippen LogP contribution in [0.3, 0.4) is 0 Å². The van der Waals surface area contributed by atoms with E-state index >= 15 is 0 Å². The number of carbonyl (C=O) groups is 1. The molecule has 1 aliphatic carbocycles. The Morgan fingerprint density at radius 1 is 1.35 bits per heavy atom. The van der Waals surface area contributed by atoms with Crippen LogP contribution >= 0.6 is 0 Å². The molecule has 0 spiro atoms. The summed E-state index contributed by atoms with van der Waals surface area (Å²) < 4.78 is 11.0. The van der Waals surface area contributed by atoms with E-state index in [-0.39, 0.29) is 23.7 Å². The van der Waals surface area contributed by atoms with Gasteiger partial charge in [0.15, 0.2) is 0 Å². The number of phenols is 1. The van der Waals surface area contributed by atoms with Gasteiger partial charge in [0, 0.05) is 18.0 Å². The van der Waals surface area contributed by atoms with Gasteiger partial charge in [0.25, 0.3) is 0 Å². The van der Waals surface area contributed by atoms with E-state index in [0.29, 0.717) is 17.9 Å². The van der Waals surface area contributed by atoms with Crippen LogP contribution in [-0.4, -0.2) is 30.5 Å². The highest BCUT2D eigenvalue weighted by Crippen LogP contribution is 2.47. The minimum atomic E-state index is -0.490. The molecule has 1 saturated heterocycles. The van der Waals surface area contributed by atoms with Gasteiger partial charge in [-0.3, -0.25) is 0 Å². The predicted octanol–water partition coefficient (Wildman–Crippen LogP) is 6.02. The number of aromatic hydroxyl groups is 1. The van der Waals surface area contributed by atoms with Gasteiger partial charge in [-0.25, -0.2) is 4.79 Å². The summed E-state index contributed by atoms with van der Waals surface area (Å²) in [6, 6.07) is 3.77. The number of phenolic OH excluding ortho intramolecular Hbond substituents is 1. The summed E-state index contributed by atoms with van der Waals surface area (Å²) in [5.41, 5.74) is 4.05. The van der Waals surface area contributed by atoms with Crippen molar-refractivity contribution < 1.29 is 19.4 Å². The topological polar surface area (TPSA) is 71.1 Å². The lowest BCUT2D eigenvalue weighted by molar-refractivity contribution is 0.199. The summed E-state index contributed by atoms with van der Waals surface area (Å²) >= 11 is 0. The van der Waals surface area contributed by atoms with Gasteiger partial charge in [-0.05, 0) is 69.6 Å². The van der Waals surface area contributed by atoms with E-state index in [2.05, 4.69) is 31.8 Å². The normalized spacial score (nSPS) is 22.5. The number of unbranched alkanes of at least 4 members (excludes halogenated alkanes) is 2. The standard InChI is InChI=1S/C26H37NO4/c1-5-6-7-8-19-14-23(28)25(22-13-18(4)9-10-21(22)17(2)3)24(15-19)31-26(29)27-12-11-20-16-30-20/h13-15,20-22,28H,2,5-12,16H2,1,3-4H3,(H,27,29)/t20?,21-,22+/m0/s1. The molecule has 0 radical (unpaired) electrons. The molecule has 1 fully saturated rings. The molecule has 1 aromatic carbocycles. The number of benzene rings is 1. The molecule has 0 saturated carbocycles. The van der Waals surface area contributed by atoms with Crippen molar-refractivity contribution in [2.75, 3.05) is 13.2 Å². The molecule has 0 bridgehead atoms. The molecule has 1 amide bonds. The van der Waals surface area contributed by atoms with Gasteiger partial charge in [0.2, 0.25) is 0 Å². The van der Waals surface area contributed by atoms with E-state index in [4.69, 9.17) is 9.47 Å². The third-order valence-electron chi connectivity index (χ3n) is 6.30. The third-order valence-corrected chi connectivity index (χ3v) is 6.30. The average Bonchev–Trinajstić information content (AvgIpc) is 3.52. The van der Waals surface area contributed by atoms with Crippen LogP contribution in [0.15, 0.2) is 35.9 Å². The number of rotatable bonds is 10. The first-order valence-corrected chi connectivity index (χ1v) is 11.6. The van der Waals surface area contributed by atoms with E-state index in [9.17, 15) is 9.90 Å². The number of aryl methyl sites for hydroxylation is 1. The van der Waals surface area contributed by atoms with E-state index < -0.39 is 6.09 Å². The van der Waals surface area contributed by atoms with Crippen LogP contribution in [0.25, 0.3) is 0 Å². The zero-order valence-electron chi connectivity index (χ0n) is 19.2. The summed E-state index contributed by atoms with van der Waals surface area (Å²) in [6.45, 7) is 11.8. The molecule has 1 unspecified atom stereocenters. The van der Waals surface area contributed by atoms with Crippen LogP contribution in [0, 0.1) is 5.92 Å². The van der Waals surface area contributed by atoms with Gasteiger partial charge in [0.05, 0.1) is 12.7 Å². The van der Waals surface area contributed by atoms with Crippen LogP contribution in [0.4, 0.5) is 4.79 Å². The van der Waals surface area contributed by atoms with Crippen LogP contribution in [0.5, 0.6) is 11.5 Å². The summed E-state index contributed by atoms with van der Waals surface area (Å²) in [6.07, 6.45) is 8.90. The molecule has 170 valence electrons. The minimum Gasteiger partial charge on any atom is -0.507 e. The molecule has 2 N–H and O–H groups in total. The summed E-state index contributed by atoms with van der Waals surface area (Å²) in [5, 5.41) is 13.9. The van der Waals surface area contributed by atoms with Crippen molar-refractivity contribution in [2.24, 2.45) is 5.92 Å². The number of carbonyl (C=O) groups excluding carboxylic acids is 1. The molecular formula is C26H37NO4. The first-order chi connectivity index (χ1) is 14.9. The Hall–Kier alpha value is -2.27. The van der Waals surface area contributed by atoms with Crippen molar-refractivity contribution in [3.63, 3.8) is 0 Å². The first-order valence-electron chi connectivity index (χ1n) is 11.6. The molecule has 5 nitrogen and oxygen atoms in total. The van der Waals surface area contributed by atoms with Gasteiger partial charge in [0.1, 0.15) is 11.5 Å². The highest BCUT2D eigenvalue weighted by Gasteiger charge is 2.31. The van der Waals surface area contributed by atoms with Gasteiger partial charge < -0.3 is 19.9 Å². The fraction of sp³-hybridized carbons (Fsp3) is 0.577. The number of hydrogen-bond donors (Lipinski definition) is 2. The van der Waals surface area contributed by atoms with Crippen LogP contribution in [0.2, 0.25) is 0 Å². The lowest BCUT2D eigenvalue weighted by atomic mass is 9.73. The molecule has 5 heteroatoms. The highest BCUT2D eigenvalue weighted by molar-refractivity contribution is 5.72. The van der Waals surface area contributed by atoms with Gasteiger partial charge in [-0.2, -0.15) is 0 Å². The van der Waals surface area contributed by atoms with Gasteiger partial charge in [-0.15, -0.1) is 0 Å². The Kier molecular flexibility index (Phi) is 8.19. The number of nitrogens with one attached hydrogen (secondary N) is 1. The largest absolute Gasteiger partial charge is 0.507 e. The third kappa shape index (κ3) is 6.60. The van der Waals surface area contributed by atoms with Crippen molar-refractivity contribution in [1.82, 2.24) is 5.32 Å². The molecule has 31 heavy (non-hydrogen) atoms. The molecule has 2 aliphatic rings. The van der Waals surface area contributed by atoms with Crippen molar-refractivity contribution in [1.29, 1.82) is 0 Å². The fourth-order valence-electron chi connectivity index (χ4n) is 4.42. The second kappa shape index (κ2) is 10.9. The number of hydrogen-bond acceptors (Lipinski definition) is 4. The first kappa shape index (κ1) is 23.4. The lowest BCUT2D eigenvalue weighted by Gasteiger charge is -2.32. The Bertz CT molecular complexity index is 825. The SMILES string of the molecule is C=C(C)[C@@H]1CCC(C)=C[C@H]1c1c(O)cc(CCCCC)cc1OC(=O)NCCC1CO1. The molecule has 0 aromatic heterocycles. The fourth-order valence-corrected chi connectivity index (χ4v) is 4.42. The summed E-state index contributed by atoms with van der Waals surface area (Å²) in [4.78, 5) is 12.5. The van der Waals surface area contributed by atoms with Crippen molar-refractivity contribution in [3.8, 4) is 11.5 Å². The number of allylic oxidation sites excluding steroid dienone is 3. The van der Waals surface area contributed by atoms with E-state index in [1.54, 1.807) is 0 Å². The Labute approximate surface area is 186 Å². The molecule has 1 heterocycles. The van der Waals surface area contributed by atoms with Gasteiger partial charge in [-0.1, -0.05) is 43.6 Å². The lowest BCUT2D eigenvalue weighted by Crippen LogP contribution is -2.29. The van der Waals surface area contributed by atoms with Crippen LogP contribution in [-0.2, 0) is 11.2 Å². The average molecular weight is 428 g/mol. The number of amides is 1. The van der Waals surface area contributed by atoms with E-state index in [0.717, 1.165) is 62.7 Å². The Morgan fingerprint density at radius 2 is 2.13 bits per heavy atom. The smallest absolute Gasteiger partial charge is 0.412 e. The second-order valence-corrected chi connectivity index (χ2v) is 9.07. The maximum Gasteiger partial charge on any atom is 0.412 e. The van der Waals surface area contributed by atoms with Crippen LogP contribution < -0.4 is 10.1 Å². The van der Waals surface area contributed by atoms with Crippen LogP contribution in [0.1, 0.15) is 76.3 Å². The zero-order chi connectivity index (χ0) is 22.4. The van der Waals surface area contributed by atoms with Crippen molar-refractivity contribution in [3.05, 3.63) is 47.1 Å². The van der Waals surface area contributed by atoms with Crippen molar-refractivity contribution in [2.45, 2.75) is 77.7 Å². The maximum atomic E-state index is 12.5.